The van der Waals surface area contributed by atoms with Crippen LogP contribution in [0.2, 0.25) is 0 Å². The summed E-state index contributed by atoms with van der Waals surface area (Å²) in [5.41, 5.74) is 2.34. The van der Waals surface area contributed by atoms with Crippen molar-refractivity contribution < 1.29 is 0 Å². The fourth-order valence-corrected chi connectivity index (χ4v) is 3.63. The van der Waals surface area contributed by atoms with E-state index >= 15 is 0 Å². The quantitative estimate of drug-likeness (QED) is 0.810. The van der Waals surface area contributed by atoms with Gasteiger partial charge in [-0.2, -0.15) is 0 Å². The monoisotopic (exact) mass is 282 g/mol. The SMILES string of the molecule is CCNC(c1ccc2ccccc2n1)C1CCCCCC1. The molecule has 112 valence electrons. The summed E-state index contributed by atoms with van der Waals surface area (Å²) in [4.78, 5) is 4.94. The largest absolute Gasteiger partial charge is 0.309 e. The van der Waals surface area contributed by atoms with Gasteiger partial charge in [0.15, 0.2) is 0 Å². The topological polar surface area (TPSA) is 24.9 Å². The fraction of sp³-hybridized carbons (Fsp3) is 0.526. The van der Waals surface area contributed by atoms with E-state index in [9.17, 15) is 0 Å². The van der Waals surface area contributed by atoms with Crippen LogP contribution in [0.25, 0.3) is 10.9 Å². The lowest BCUT2D eigenvalue weighted by atomic mass is 9.89. The predicted molar refractivity (Wildman–Crippen MR) is 89.4 cm³/mol. The van der Waals surface area contributed by atoms with E-state index in [0.717, 1.165) is 18.0 Å². The lowest BCUT2D eigenvalue weighted by Gasteiger charge is -2.26. The minimum atomic E-state index is 0.415. The van der Waals surface area contributed by atoms with Gasteiger partial charge in [-0.15, -0.1) is 0 Å². The molecule has 1 atom stereocenters. The first-order chi connectivity index (χ1) is 10.4. The van der Waals surface area contributed by atoms with Crippen molar-refractivity contribution in [3.05, 3.63) is 42.1 Å². The fourth-order valence-electron chi connectivity index (χ4n) is 3.63. The van der Waals surface area contributed by atoms with Gasteiger partial charge in [0.25, 0.3) is 0 Å². The molecule has 3 rings (SSSR count). The molecule has 1 N–H and O–H groups in total. The molecule has 2 aromatic rings. The molecule has 1 aromatic heterocycles. The predicted octanol–water partition coefficient (Wildman–Crippen LogP) is 4.86. The average Bonchev–Trinajstić information content (AvgIpc) is 2.81. The van der Waals surface area contributed by atoms with Gasteiger partial charge in [0.05, 0.1) is 17.3 Å². The number of pyridine rings is 1. The van der Waals surface area contributed by atoms with E-state index < -0.39 is 0 Å². The molecule has 0 bridgehead atoms. The first-order valence-electron chi connectivity index (χ1n) is 8.47. The minimum absolute atomic E-state index is 0.415. The van der Waals surface area contributed by atoms with Crippen LogP contribution in [-0.2, 0) is 0 Å². The number of benzene rings is 1. The summed E-state index contributed by atoms with van der Waals surface area (Å²) in [6.45, 7) is 3.21. The molecule has 1 aliphatic rings. The number of nitrogens with one attached hydrogen (secondary N) is 1. The van der Waals surface area contributed by atoms with Gasteiger partial charge in [-0.1, -0.05) is 56.9 Å². The third-order valence-electron chi connectivity index (χ3n) is 4.73. The molecule has 1 fully saturated rings. The van der Waals surface area contributed by atoms with Gasteiger partial charge in [0.2, 0.25) is 0 Å². The molecule has 0 radical (unpaired) electrons. The highest BCUT2D eigenvalue weighted by molar-refractivity contribution is 5.78. The Morgan fingerprint density at radius 3 is 2.57 bits per heavy atom. The molecule has 1 heterocycles. The summed E-state index contributed by atoms with van der Waals surface area (Å²) in [5, 5.41) is 4.93. The maximum absolute atomic E-state index is 4.94. The molecular formula is C19H26N2. The van der Waals surface area contributed by atoms with Gasteiger partial charge in [-0.3, -0.25) is 4.98 Å². The molecule has 2 nitrogen and oxygen atoms in total. The summed E-state index contributed by atoms with van der Waals surface area (Å²) in [5.74, 6) is 0.737. The van der Waals surface area contributed by atoms with E-state index in [1.807, 2.05) is 0 Å². The summed E-state index contributed by atoms with van der Waals surface area (Å²) in [6, 6.07) is 13.3. The second kappa shape index (κ2) is 7.04. The Labute approximate surface area is 128 Å². The van der Waals surface area contributed by atoms with Gasteiger partial charge < -0.3 is 5.32 Å². The molecular weight excluding hydrogens is 256 g/mol. The third-order valence-corrected chi connectivity index (χ3v) is 4.73. The minimum Gasteiger partial charge on any atom is -0.309 e. The summed E-state index contributed by atoms with van der Waals surface area (Å²) < 4.78 is 0. The van der Waals surface area contributed by atoms with Crippen LogP contribution in [0.5, 0.6) is 0 Å². The Hall–Kier alpha value is -1.41. The Bertz CT molecular complexity index is 571. The Kier molecular flexibility index (Phi) is 4.87. The first kappa shape index (κ1) is 14.5. The highest BCUT2D eigenvalue weighted by Crippen LogP contribution is 2.33. The number of para-hydroxylation sites is 1. The molecule has 2 heteroatoms. The average molecular weight is 282 g/mol. The van der Waals surface area contributed by atoms with Gasteiger partial charge in [0, 0.05) is 5.39 Å². The van der Waals surface area contributed by atoms with Crippen molar-refractivity contribution in [2.24, 2.45) is 5.92 Å². The number of fused-ring (bicyclic) bond motifs is 1. The van der Waals surface area contributed by atoms with Gasteiger partial charge in [0.1, 0.15) is 0 Å². The summed E-state index contributed by atoms with van der Waals surface area (Å²) in [6.07, 6.45) is 8.24. The van der Waals surface area contributed by atoms with E-state index in [1.165, 1.54) is 49.6 Å². The Morgan fingerprint density at radius 1 is 1.05 bits per heavy atom. The molecule has 1 aliphatic carbocycles. The van der Waals surface area contributed by atoms with Gasteiger partial charge in [-0.25, -0.2) is 0 Å². The standard InChI is InChI=1S/C19H26N2/c1-2-20-19(16-10-5-3-4-6-11-16)18-14-13-15-9-7-8-12-17(15)21-18/h7-9,12-14,16,19-20H,2-6,10-11H2,1H3. The first-order valence-corrected chi connectivity index (χ1v) is 8.47. The van der Waals surface area contributed by atoms with E-state index in [-0.39, 0.29) is 0 Å². The molecule has 21 heavy (non-hydrogen) atoms. The number of hydrogen-bond acceptors (Lipinski definition) is 2. The maximum atomic E-state index is 4.94. The smallest absolute Gasteiger partial charge is 0.0706 e. The van der Waals surface area contributed by atoms with E-state index in [0.29, 0.717) is 6.04 Å². The van der Waals surface area contributed by atoms with E-state index in [1.54, 1.807) is 0 Å². The maximum Gasteiger partial charge on any atom is 0.0706 e. The van der Waals surface area contributed by atoms with E-state index in [2.05, 4.69) is 48.6 Å². The molecule has 1 saturated carbocycles. The van der Waals surface area contributed by atoms with Gasteiger partial charge >= 0.3 is 0 Å². The molecule has 0 amide bonds. The Balaban J connectivity index is 1.90. The highest BCUT2D eigenvalue weighted by atomic mass is 14.9. The van der Waals surface area contributed by atoms with Crippen LogP contribution in [0.1, 0.15) is 57.2 Å². The van der Waals surface area contributed by atoms with Crippen LogP contribution >= 0.6 is 0 Å². The lowest BCUT2D eigenvalue weighted by Crippen LogP contribution is -2.29. The van der Waals surface area contributed by atoms with Crippen molar-refractivity contribution in [1.82, 2.24) is 10.3 Å². The van der Waals surface area contributed by atoms with E-state index in [4.69, 9.17) is 4.98 Å². The molecule has 0 spiro atoms. The number of aromatic nitrogens is 1. The number of rotatable bonds is 4. The van der Waals surface area contributed by atoms with Crippen molar-refractivity contribution in [2.75, 3.05) is 6.54 Å². The Morgan fingerprint density at radius 2 is 1.81 bits per heavy atom. The molecule has 0 aliphatic heterocycles. The van der Waals surface area contributed by atoms with Crippen LogP contribution in [-0.4, -0.2) is 11.5 Å². The van der Waals surface area contributed by atoms with Crippen molar-refractivity contribution in [1.29, 1.82) is 0 Å². The molecule has 0 saturated heterocycles. The summed E-state index contributed by atoms with van der Waals surface area (Å²) >= 11 is 0. The van der Waals surface area contributed by atoms with Crippen molar-refractivity contribution >= 4 is 10.9 Å². The van der Waals surface area contributed by atoms with Crippen LogP contribution < -0.4 is 5.32 Å². The lowest BCUT2D eigenvalue weighted by molar-refractivity contribution is 0.325. The molecule has 1 unspecified atom stereocenters. The third kappa shape index (κ3) is 3.44. The van der Waals surface area contributed by atoms with Crippen LogP contribution in [0.3, 0.4) is 0 Å². The van der Waals surface area contributed by atoms with Crippen LogP contribution in [0.4, 0.5) is 0 Å². The van der Waals surface area contributed by atoms with Crippen molar-refractivity contribution in [2.45, 2.75) is 51.5 Å². The molecule has 1 aromatic carbocycles. The highest BCUT2D eigenvalue weighted by Gasteiger charge is 2.24. The zero-order chi connectivity index (χ0) is 14.5. The van der Waals surface area contributed by atoms with Crippen molar-refractivity contribution in [3.8, 4) is 0 Å². The second-order valence-corrected chi connectivity index (χ2v) is 6.22. The van der Waals surface area contributed by atoms with Crippen LogP contribution in [0.15, 0.2) is 36.4 Å². The number of nitrogens with zero attached hydrogens (tertiary/aromatic N) is 1. The normalized spacial score (nSPS) is 18.5. The summed E-state index contributed by atoms with van der Waals surface area (Å²) in [7, 11) is 0. The zero-order valence-electron chi connectivity index (χ0n) is 13.0. The zero-order valence-corrected chi connectivity index (χ0v) is 13.0. The van der Waals surface area contributed by atoms with Gasteiger partial charge in [-0.05, 0) is 37.4 Å². The second-order valence-electron chi connectivity index (χ2n) is 6.22. The van der Waals surface area contributed by atoms with Crippen LogP contribution in [0, 0.1) is 5.92 Å². The van der Waals surface area contributed by atoms with Crippen molar-refractivity contribution in [3.63, 3.8) is 0 Å². The number of hydrogen-bond donors (Lipinski definition) is 1.